The number of nitrogens with zero attached hydrogens (tertiary/aromatic N) is 4. The van der Waals surface area contributed by atoms with Crippen LogP contribution in [-0.2, 0) is 16.1 Å². The zero-order valence-electron chi connectivity index (χ0n) is 20.4. The maximum Gasteiger partial charge on any atom is 0.270 e. The number of carbonyl (C=O) groups is 1. The fourth-order valence-electron chi connectivity index (χ4n) is 4.30. The molecule has 2 aliphatic heterocycles. The number of morpholine rings is 1. The molecule has 7 nitrogen and oxygen atoms in total. The first-order chi connectivity index (χ1) is 16.4. The van der Waals surface area contributed by atoms with Gasteiger partial charge in [-0.15, -0.1) is 0 Å². The first-order valence-corrected chi connectivity index (χ1v) is 13.4. The Hall–Kier alpha value is -2.15. The molecule has 184 valence electrons. The molecule has 0 aliphatic carbocycles. The minimum absolute atomic E-state index is 0.0939. The summed E-state index contributed by atoms with van der Waals surface area (Å²) in [4.78, 5) is 30.9. The van der Waals surface area contributed by atoms with E-state index in [4.69, 9.17) is 17.0 Å². The third kappa shape index (κ3) is 5.73. The van der Waals surface area contributed by atoms with Crippen LogP contribution in [0.25, 0.3) is 6.08 Å². The van der Waals surface area contributed by atoms with E-state index >= 15 is 0 Å². The number of rotatable bonds is 10. The molecule has 0 N–H and O–H groups in total. The molecule has 0 aromatic carbocycles. The molecule has 0 unspecified atom stereocenters. The van der Waals surface area contributed by atoms with Crippen molar-refractivity contribution in [1.82, 2.24) is 9.47 Å². The summed E-state index contributed by atoms with van der Waals surface area (Å²) < 4.78 is 7.83. The van der Waals surface area contributed by atoms with Crippen LogP contribution < -0.4 is 10.5 Å². The minimum atomic E-state index is -0.268. The van der Waals surface area contributed by atoms with Crippen molar-refractivity contribution in [2.75, 3.05) is 37.7 Å². The van der Waals surface area contributed by atoms with E-state index in [0.29, 0.717) is 54.2 Å². The molecule has 2 saturated heterocycles. The van der Waals surface area contributed by atoms with Gasteiger partial charge in [-0.3, -0.25) is 19.1 Å². The number of thioether (sulfide) groups is 1. The maximum atomic E-state index is 13.3. The number of aromatic nitrogens is 1. The number of ether oxygens (including phenoxy) is 1. The molecular formula is C25H34N4O3S2. The van der Waals surface area contributed by atoms with Crippen LogP contribution in [0, 0.1) is 18.3 Å². The van der Waals surface area contributed by atoms with Crippen LogP contribution in [0.4, 0.5) is 5.82 Å². The van der Waals surface area contributed by atoms with Crippen molar-refractivity contribution in [3.63, 3.8) is 0 Å². The van der Waals surface area contributed by atoms with E-state index in [9.17, 15) is 14.9 Å². The van der Waals surface area contributed by atoms with Crippen LogP contribution in [-0.4, -0.2) is 52.5 Å². The van der Waals surface area contributed by atoms with Crippen molar-refractivity contribution in [3.05, 3.63) is 31.9 Å². The van der Waals surface area contributed by atoms with Crippen LogP contribution in [0.15, 0.2) is 9.70 Å². The number of nitriles is 1. The number of hydrogen-bond donors (Lipinski definition) is 0. The van der Waals surface area contributed by atoms with Gasteiger partial charge in [-0.1, -0.05) is 63.5 Å². The fraction of sp³-hybridized carbons (Fsp3) is 0.600. The van der Waals surface area contributed by atoms with Gasteiger partial charge in [0.05, 0.1) is 18.1 Å². The molecule has 1 amide bonds. The smallest absolute Gasteiger partial charge is 0.270 e. The second-order valence-corrected chi connectivity index (χ2v) is 10.3. The number of anilines is 1. The Bertz CT molecular complexity index is 1050. The monoisotopic (exact) mass is 502 g/mol. The molecule has 1 aromatic heterocycles. The first kappa shape index (κ1) is 26.5. The van der Waals surface area contributed by atoms with Crippen molar-refractivity contribution in [2.45, 2.75) is 65.8 Å². The summed E-state index contributed by atoms with van der Waals surface area (Å²) in [5.74, 6) is 0.676. The fourth-order valence-corrected chi connectivity index (χ4v) is 5.59. The summed E-state index contributed by atoms with van der Waals surface area (Å²) in [5, 5.41) is 9.79. The summed E-state index contributed by atoms with van der Waals surface area (Å²) in [6.45, 7) is 9.61. The summed E-state index contributed by atoms with van der Waals surface area (Å²) in [7, 11) is 0. The molecule has 1 aromatic rings. The highest BCUT2D eigenvalue weighted by Gasteiger charge is 2.33. The zero-order valence-corrected chi connectivity index (χ0v) is 22.0. The summed E-state index contributed by atoms with van der Waals surface area (Å²) >= 11 is 6.83. The molecule has 0 saturated carbocycles. The Morgan fingerprint density at radius 3 is 2.44 bits per heavy atom. The van der Waals surface area contributed by atoms with E-state index in [1.807, 2.05) is 6.08 Å². The van der Waals surface area contributed by atoms with Crippen LogP contribution in [0.2, 0.25) is 0 Å². The van der Waals surface area contributed by atoms with Crippen molar-refractivity contribution >= 4 is 46.1 Å². The van der Waals surface area contributed by atoms with E-state index in [0.717, 1.165) is 49.9 Å². The molecule has 34 heavy (non-hydrogen) atoms. The topological polar surface area (TPSA) is 78.6 Å². The van der Waals surface area contributed by atoms with E-state index in [1.165, 1.54) is 11.8 Å². The predicted molar refractivity (Wildman–Crippen MR) is 142 cm³/mol. The number of unbranched alkanes of at least 4 members (excludes halogenated alkanes) is 4. The SMILES string of the molecule is CCCCCCN1C(=O)C(=Cc2c(C)c(C#N)c(=O)n(CCCC)c2N2CCOCC2)SC1=S. The van der Waals surface area contributed by atoms with Crippen molar-refractivity contribution < 1.29 is 9.53 Å². The summed E-state index contributed by atoms with van der Waals surface area (Å²) in [5.41, 5.74) is 1.22. The minimum Gasteiger partial charge on any atom is -0.378 e. The lowest BCUT2D eigenvalue weighted by atomic mass is 10.0. The van der Waals surface area contributed by atoms with Gasteiger partial charge >= 0.3 is 0 Å². The quantitative estimate of drug-likeness (QED) is 0.266. The Labute approximate surface area is 211 Å². The number of pyridine rings is 1. The first-order valence-electron chi connectivity index (χ1n) is 12.2. The summed E-state index contributed by atoms with van der Waals surface area (Å²) in [6.07, 6.45) is 7.86. The number of thiocarbonyl (C=S) groups is 1. The van der Waals surface area contributed by atoms with Gasteiger partial charge in [-0.25, -0.2) is 0 Å². The van der Waals surface area contributed by atoms with E-state index in [1.54, 1.807) is 16.4 Å². The van der Waals surface area contributed by atoms with E-state index in [2.05, 4.69) is 24.8 Å². The van der Waals surface area contributed by atoms with Crippen molar-refractivity contribution in [2.24, 2.45) is 0 Å². The second kappa shape index (κ2) is 12.5. The average molecular weight is 503 g/mol. The molecule has 3 heterocycles. The lowest BCUT2D eigenvalue weighted by Crippen LogP contribution is -2.41. The Morgan fingerprint density at radius 1 is 1.09 bits per heavy atom. The molecular weight excluding hydrogens is 468 g/mol. The molecule has 0 atom stereocenters. The molecule has 2 aliphatic rings. The van der Waals surface area contributed by atoms with Gasteiger partial charge in [0.2, 0.25) is 0 Å². The lowest BCUT2D eigenvalue weighted by Gasteiger charge is -2.33. The number of hydrogen-bond acceptors (Lipinski definition) is 7. The van der Waals surface area contributed by atoms with Crippen LogP contribution in [0.3, 0.4) is 0 Å². The van der Waals surface area contributed by atoms with E-state index in [-0.39, 0.29) is 17.0 Å². The van der Waals surface area contributed by atoms with Gasteiger partial charge in [0, 0.05) is 31.7 Å². The van der Waals surface area contributed by atoms with Gasteiger partial charge in [0.25, 0.3) is 11.5 Å². The highest BCUT2D eigenvalue weighted by Crippen LogP contribution is 2.36. The zero-order chi connectivity index (χ0) is 24.7. The molecule has 0 spiro atoms. The maximum absolute atomic E-state index is 13.3. The van der Waals surface area contributed by atoms with Gasteiger partial charge in [0.1, 0.15) is 21.8 Å². The van der Waals surface area contributed by atoms with Crippen LogP contribution >= 0.6 is 24.0 Å². The van der Waals surface area contributed by atoms with Crippen molar-refractivity contribution in [1.29, 1.82) is 5.26 Å². The van der Waals surface area contributed by atoms with Gasteiger partial charge in [-0.2, -0.15) is 5.26 Å². The summed E-state index contributed by atoms with van der Waals surface area (Å²) in [6, 6.07) is 2.11. The molecule has 3 rings (SSSR count). The van der Waals surface area contributed by atoms with E-state index < -0.39 is 0 Å². The second-order valence-electron chi connectivity index (χ2n) is 8.65. The largest absolute Gasteiger partial charge is 0.378 e. The highest BCUT2D eigenvalue weighted by molar-refractivity contribution is 8.26. The van der Waals surface area contributed by atoms with Gasteiger partial charge in [-0.05, 0) is 31.4 Å². The van der Waals surface area contributed by atoms with Crippen LogP contribution in [0.5, 0.6) is 0 Å². The van der Waals surface area contributed by atoms with Gasteiger partial charge < -0.3 is 9.64 Å². The molecule has 2 fully saturated rings. The van der Waals surface area contributed by atoms with Crippen molar-refractivity contribution in [3.8, 4) is 6.07 Å². The standard InChI is InChI=1S/C25H34N4O3S2/c1-4-6-8-9-11-29-24(31)21(34-25(29)33)16-19-18(3)20(17-26)23(30)28(10-7-5-2)22(19)27-12-14-32-15-13-27/h16H,4-15H2,1-3H3. The Kier molecular flexibility index (Phi) is 9.74. The molecule has 9 heteroatoms. The third-order valence-electron chi connectivity index (χ3n) is 6.28. The molecule has 0 radical (unpaired) electrons. The highest BCUT2D eigenvalue weighted by atomic mass is 32.2. The third-order valence-corrected chi connectivity index (χ3v) is 7.65. The normalized spacial score (nSPS) is 17.6. The average Bonchev–Trinajstić information content (AvgIpc) is 3.10. The van der Waals surface area contributed by atoms with Gasteiger partial charge in [0.15, 0.2) is 0 Å². The number of carbonyl (C=O) groups excluding carboxylic acids is 1. The molecule has 0 bridgehead atoms. The number of amides is 1. The van der Waals surface area contributed by atoms with Crippen LogP contribution in [0.1, 0.15) is 69.1 Å². The lowest BCUT2D eigenvalue weighted by molar-refractivity contribution is -0.122. The predicted octanol–water partition coefficient (Wildman–Crippen LogP) is 4.45. The Balaban J connectivity index is 2.08. The Morgan fingerprint density at radius 2 is 1.79 bits per heavy atom.